The molecule has 4 nitrogen and oxygen atoms in total. The van der Waals surface area contributed by atoms with Crippen LogP contribution in [0, 0.1) is 0 Å². The Kier molecular flexibility index (Phi) is 4.46. The second-order valence-electron chi connectivity index (χ2n) is 4.75. The number of para-hydroxylation sites is 1. The number of rotatable bonds is 4. The quantitative estimate of drug-likeness (QED) is 0.814. The van der Waals surface area contributed by atoms with Crippen LogP contribution in [0.15, 0.2) is 18.2 Å². The zero-order valence-electron chi connectivity index (χ0n) is 11.0. The standard InChI is InChI=1S/C14H16Cl2N2O2/c15-5-4-13-17-12-3-1-2-11(16)14(12)18(13)8-10-9-19-6-7-20-10/h1-3,10H,4-9H2. The highest BCUT2D eigenvalue weighted by molar-refractivity contribution is 6.35. The average molecular weight is 315 g/mol. The van der Waals surface area contributed by atoms with Crippen LogP contribution in [0.4, 0.5) is 0 Å². The molecule has 1 atom stereocenters. The van der Waals surface area contributed by atoms with Crippen LogP contribution in [0.5, 0.6) is 0 Å². The van der Waals surface area contributed by atoms with E-state index in [1.165, 1.54) is 0 Å². The second-order valence-corrected chi connectivity index (χ2v) is 5.54. The maximum atomic E-state index is 6.33. The number of alkyl halides is 1. The molecule has 6 heteroatoms. The molecule has 1 fully saturated rings. The first kappa shape index (κ1) is 14.1. The zero-order valence-corrected chi connectivity index (χ0v) is 12.5. The number of fused-ring (bicyclic) bond motifs is 1. The van der Waals surface area contributed by atoms with E-state index in [0.717, 1.165) is 16.9 Å². The summed E-state index contributed by atoms with van der Waals surface area (Å²) in [6, 6.07) is 5.76. The fraction of sp³-hybridized carbons (Fsp3) is 0.500. The topological polar surface area (TPSA) is 36.3 Å². The zero-order chi connectivity index (χ0) is 13.9. The van der Waals surface area contributed by atoms with Gasteiger partial charge in [-0.05, 0) is 12.1 Å². The molecule has 0 radical (unpaired) electrons. The summed E-state index contributed by atoms with van der Waals surface area (Å²) < 4.78 is 13.3. The van der Waals surface area contributed by atoms with Gasteiger partial charge in [-0.2, -0.15) is 0 Å². The lowest BCUT2D eigenvalue weighted by Crippen LogP contribution is -2.32. The summed E-state index contributed by atoms with van der Waals surface area (Å²) in [5.74, 6) is 1.47. The van der Waals surface area contributed by atoms with Crippen molar-refractivity contribution in [2.45, 2.75) is 19.1 Å². The molecule has 1 aromatic heterocycles. The Morgan fingerprint density at radius 1 is 1.35 bits per heavy atom. The van der Waals surface area contributed by atoms with Gasteiger partial charge in [0.2, 0.25) is 0 Å². The van der Waals surface area contributed by atoms with Gasteiger partial charge in [0.25, 0.3) is 0 Å². The van der Waals surface area contributed by atoms with E-state index in [9.17, 15) is 0 Å². The van der Waals surface area contributed by atoms with E-state index >= 15 is 0 Å². The predicted octanol–water partition coefficient (Wildman–Crippen LogP) is 2.89. The van der Waals surface area contributed by atoms with E-state index in [-0.39, 0.29) is 6.10 Å². The van der Waals surface area contributed by atoms with E-state index in [2.05, 4.69) is 9.55 Å². The largest absolute Gasteiger partial charge is 0.376 e. The van der Waals surface area contributed by atoms with E-state index in [1.807, 2.05) is 18.2 Å². The third-order valence-electron chi connectivity index (χ3n) is 3.39. The highest BCUT2D eigenvalue weighted by Gasteiger charge is 2.20. The molecule has 0 aliphatic carbocycles. The van der Waals surface area contributed by atoms with Crippen LogP contribution in [0.25, 0.3) is 11.0 Å². The Morgan fingerprint density at radius 2 is 2.25 bits per heavy atom. The van der Waals surface area contributed by atoms with Crippen molar-refractivity contribution in [1.29, 1.82) is 0 Å². The molecule has 2 aromatic rings. The molecular weight excluding hydrogens is 299 g/mol. The Morgan fingerprint density at radius 3 is 3.00 bits per heavy atom. The molecule has 1 unspecified atom stereocenters. The summed E-state index contributed by atoms with van der Waals surface area (Å²) in [5, 5.41) is 0.701. The van der Waals surface area contributed by atoms with Gasteiger partial charge < -0.3 is 14.0 Å². The summed E-state index contributed by atoms with van der Waals surface area (Å²) in [5.41, 5.74) is 1.85. The average Bonchev–Trinajstić information content (AvgIpc) is 2.80. The number of nitrogens with zero attached hydrogens (tertiary/aromatic N) is 2. The highest BCUT2D eigenvalue weighted by Crippen LogP contribution is 2.26. The molecule has 0 amide bonds. The van der Waals surface area contributed by atoms with E-state index in [4.69, 9.17) is 32.7 Å². The van der Waals surface area contributed by atoms with Crippen LogP contribution in [0.1, 0.15) is 5.82 Å². The van der Waals surface area contributed by atoms with E-state index in [1.54, 1.807) is 0 Å². The van der Waals surface area contributed by atoms with Gasteiger partial charge in [0, 0.05) is 12.3 Å². The van der Waals surface area contributed by atoms with Crippen molar-refractivity contribution in [2.75, 3.05) is 25.7 Å². The van der Waals surface area contributed by atoms with Crippen molar-refractivity contribution < 1.29 is 9.47 Å². The lowest BCUT2D eigenvalue weighted by molar-refractivity contribution is -0.0934. The van der Waals surface area contributed by atoms with Gasteiger partial charge in [-0.1, -0.05) is 17.7 Å². The lowest BCUT2D eigenvalue weighted by Gasteiger charge is -2.24. The predicted molar refractivity (Wildman–Crippen MR) is 79.7 cm³/mol. The van der Waals surface area contributed by atoms with Gasteiger partial charge >= 0.3 is 0 Å². The van der Waals surface area contributed by atoms with Crippen molar-refractivity contribution in [3.63, 3.8) is 0 Å². The van der Waals surface area contributed by atoms with Gasteiger partial charge in [0.15, 0.2) is 0 Å². The fourth-order valence-corrected chi connectivity index (χ4v) is 2.95. The normalized spacial score (nSPS) is 19.6. The molecule has 1 saturated heterocycles. The van der Waals surface area contributed by atoms with Gasteiger partial charge in [-0.25, -0.2) is 4.98 Å². The highest BCUT2D eigenvalue weighted by atomic mass is 35.5. The van der Waals surface area contributed by atoms with Crippen LogP contribution in [0.2, 0.25) is 5.02 Å². The SMILES string of the molecule is ClCCc1nc2cccc(Cl)c2n1CC1COCCO1. The molecule has 20 heavy (non-hydrogen) atoms. The molecule has 0 N–H and O–H groups in total. The first-order valence-corrected chi connectivity index (χ1v) is 7.60. The van der Waals surface area contributed by atoms with Crippen LogP contribution in [-0.2, 0) is 22.4 Å². The molecule has 0 spiro atoms. The molecule has 1 aliphatic heterocycles. The minimum absolute atomic E-state index is 0.0338. The number of aromatic nitrogens is 2. The molecule has 1 aliphatic rings. The minimum Gasteiger partial charge on any atom is -0.376 e. The first-order chi connectivity index (χ1) is 9.79. The first-order valence-electron chi connectivity index (χ1n) is 6.68. The molecule has 0 bridgehead atoms. The van der Waals surface area contributed by atoms with Crippen LogP contribution in [-0.4, -0.2) is 41.4 Å². The van der Waals surface area contributed by atoms with E-state index in [0.29, 0.717) is 43.7 Å². The van der Waals surface area contributed by atoms with Crippen LogP contribution >= 0.6 is 23.2 Å². The number of hydrogen-bond donors (Lipinski definition) is 0. The Bertz CT molecular complexity index is 594. The minimum atomic E-state index is 0.0338. The molecule has 1 aromatic carbocycles. The van der Waals surface area contributed by atoms with Gasteiger partial charge in [0.1, 0.15) is 5.82 Å². The Balaban J connectivity index is 1.98. The smallest absolute Gasteiger partial charge is 0.111 e. The van der Waals surface area contributed by atoms with Gasteiger partial charge in [-0.15, -0.1) is 11.6 Å². The molecule has 3 rings (SSSR count). The summed E-state index contributed by atoms with van der Waals surface area (Å²) in [6.45, 7) is 2.59. The van der Waals surface area contributed by atoms with Crippen molar-refractivity contribution in [3.05, 3.63) is 29.0 Å². The third-order valence-corrected chi connectivity index (χ3v) is 3.88. The second kappa shape index (κ2) is 6.31. The number of hydrogen-bond acceptors (Lipinski definition) is 3. The summed E-state index contributed by atoms with van der Waals surface area (Å²) in [7, 11) is 0. The number of aryl methyl sites for hydroxylation is 1. The van der Waals surface area contributed by atoms with Crippen LogP contribution in [0.3, 0.4) is 0 Å². The fourth-order valence-electron chi connectivity index (χ4n) is 2.51. The maximum absolute atomic E-state index is 6.33. The number of halogens is 2. The van der Waals surface area contributed by atoms with Crippen molar-refractivity contribution in [3.8, 4) is 0 Å². The summed E-state index contributed by atoms with van der Waals surface area (Å²) >= 11 is 12.2. The Labute approximate surface area is 127 Å². The molecule has 108 valence electrons. The van der Waals surface area contributed by atoms with Crippen molar-refractivity contribution in [2.24, 2.45) is 0 Å². The van der Waals surface area contributed by atoms with Gasteiger partial charge in [-0.3, -0.25) is 0 Å². The summed E-state index contributed by atoms with van der Waals surface area (Å²) in [6.07, 6.45) is 0.742. The van der Waals surface area contributed by atoms with E-state index < -0.39 is 0 Å². The molecule has 0 saturated carbocycles. The van der Waals surface area contributed by atoms with Crippen molar-refractivity contribution >= 4 is 34.2 Å². The number of benzene rings is 1. The van der Waals surface area contributed by atoms with Crippen LogP contribution < -0.4 is 0 Å². The number of ether oxygens (including phenoxy) is 2. The molecular formula is C14H16Cl2N2O2. The number of imidazole rings is 1. The monoisotopic (exact) mass is 314 g/mol. The summed E-state index contributed by atoms with van der Waals surface area (Å²) in [4.78, 5) is 4.63. The Hall–Kier alpha value is -0.810. The molecule has 2 heterocycles. The van der Waals surface area contributed by atoms with Gasteiger partial charge in [0.05, 0.1) is 48.5 Å². The third kappa shape index (κ3) is 2.79. The lowest BCUT2D eigenvalue weighted by atomic mass is 10.3. The maximum Gasteiger partial charge on any atom is 0.111 e. The van der Waals surface area contributed by atoms with Crippen molar-refractivity contribution in [1.82, 2.24) is 9.55 Å².